The number of carbonyl (C=O) groups excluding carboxylic acids is 1. The Kier molecular flexibility index (Phi) is 3.83. The standard InChI is InChI=1S/C14H16N4O3/c1-9-8-21-18-13(9)17-14(19)16-11-4-6-20-12(11)10-3-2-5-15-7-10/h2-3,5,7-8,11-12H,4,6H2,1H3,(H2,16,17,18,19)/t11-,12+/m0/s1. The molecule has 3 rings (SSSR count). The molecule has 7 heteroatoms. The van der Waals surface area contributed by atoms with Crippen LogP contribution in [0.15, 0.2) is 35.3 Å². The van der Waals surface area contributed by atoms with Crippen LogP contribution in [0.2, 0.25) is 0 Å². The molecule has 0 aliphatic carbocycles. The highest BCUT2D eigenvalue weighted by Crippen LogP contribution is 2.28. The fourth-order valence-electron chi connectivity index (χ4n) is 2.33. The van der Waals surface area contributed by atoms with Gasteiger partial charge in [0.15, 0.2) is 5.82 Å². The quantitative estimate of drug-likeness (QED) is 0.902. The summed E-state index contributed by atoms with van der Waals surface area (Å²) in [6.07, 6.45) is 5.52. The second-order valence-corrected chi connectivity index (χ2v) is 4.92. The van der Waals surface area contributed by atoms with Crippen LogP contribution in [0.5, 0.6) is 0 Å². The average molecular weight is 288 g/mol. The largest absolute Gasteiger partial charge is 0.371 e. The van der Waals surface area contributed by atoms with E-state index in [0.717, 1.165) is 17.5 Å². The third-order valence-electron chi connectivity index (χ3n) is 3.40. The van der Waals surface area contributed by atoms with Crippen molar-refractivity contribution in [2.45, 2.75) is 25.5 Å². The lowest BCUT2D eigenvalue weighted by Crippen LogP contribution is -2.39. The van der Waals surface area contributed by atoms with Crippen LogP contribution in [0.3, 0.4) is 0 Å². The maximum Gasteiger partial charge on any atom is 0.320 e. The maximum absolute atomic E-state index is 12.0. The highest BCUT2D eigenvalue weighted by Gasteiger charge is 2.31. The minimum Gasteiger partial charge on any atom is -0.371 e. The molecule has 1 fully saturated rings. The number of aromatic nitrogens is 2. The molecule has 21 heavy (non-hydrogen) atoms. The predicted molar refractivity (Wildman–Crippen MR) is 74.7 cm³/mol. The molecule has 3 heterocycles. The first kappa shape index (κ1) is 13.6. The molecule has 2 aromatic rings. The van der Waals surface area contributed by atoms with Crippen LogP contribution in [0.25, 0.3) is 0 Å². The summed E-state index contributed by atoms with van der Waals surface area (Å²) in [5.74, 6) is 0.421. The van der Waals surface area contributed by atoms with Gasteiger partial charge in [0.1, 0.15) is 12.4 Å². The molecule has 0 radical (unpaired) electrons. The van der Waals surface area contributed by atoms with Crippen molar-refractivity contribution in [1.82, 2.24) is 15.5 Å². The van der Waals surface area contributed by atoms with E-state index in [9.17, 15) is 4.79 Å². The second kappa shape index (κ2) is 5.92. The van der Waals surface area contributed by atoms with Gasteiger partial charge in [-0.1, -0.05) is 11.2 Å². The first-order valence-corrected chi connectivity index (χ1v) is 6.74. The average Bonchev–Trinajstić information content (AvgIpc) is 3.10. The lowest BCUT2D eigenvalue weighted by molar-refractivity contribution is 0.100. The molecule has 7 nitrogen and oxygen atoms in total. The Morgan fingerprint density at radius 1 is 1.48 bits per heavy atom. The number of hydrogen-bond donors (Lipinski definition) is 2. The van der Waals surface area contributed by atoms with Crippen molar-refractivity contribution >= 4 is 11.8 Å². The van der Waals surface area contributed by atoms with Crippen molar-refractivity contribution in [1.29, 1.82) is 0 Å². The molecule has 0 aromatic carbocycles. The fourth-order valence-corrected chi connectivity index (χ4v) is 2.33. The number of aryl methyl sites for hydroxylation is 1. The summed E-state index contributed by atoms with van der Waals surface area (Å²) in [6.45, 7) is 2.41. The van der Waals surface area contributed by atoms with Crippen LogP contribution in [-0.4, -0.2) is 28.8 Å². The smallest absolute Gasteiger partial charge is 0.320 e. The van der Waals surface area contributed by atoms with Crippen molar-refractivity contribution in [3.63, 3.8) is 0 Å². The lowest BCUT2D eigenvalue weighted by atomic mass is 10.0. The highest BCUT2D eigenvalue weighted by atomic mass is 16.5. The number of anilines is 1. The van der Waals surface area contributed by atoms with Gasteiger partial charge >= 0.3 is 6.03 Å². The number of carbonyl (C=O) groups is 1. The summed E-state index contributed by atoms with van der Waals surface area (Å²) in [5, 5.41) is 9.29. The Balaban J connectivity index is 1.64. The zero-order chi connectivity index (χ0) is 14.7. The number of hydrogen-bond acceptors (Lipinski definition) is 5. The summed E-state index contributed by atoms with van der Waals surface area (Å²) in [4.78, 5) is 16.1. The molecule has 0 bridgehead atoms. The fraction of sp³-hybridized carbons (Fsp3) is 0.357. The summed E-state index contributed by atoms with van der Waals surface area (Å²) < 4.78 is 10.5. The van der Waals surface area contributed by atoms with E-state index >= 15 is 0 Å². The summed E-state index contributed by atoms with van der Waals surface area (Å²) in [6, 6.07) is 3.38. The molecule has 110 valence electrons. The van der Waals surface area contributed by atoms with Crippen molar-refractivity contribution in [2.24, 2.45) is 0 Å². The van der Waals surface area contributed by atoms with Crippen molar-refractivity contribution < 1.29 is 14.1 Å². The van der Waals surface area contributed by atoms with Gasteiger partial charge in [0.25, 0.3) is 0 Å². The van der Waals surface area contributed by atoms with Crippen LogP contribution in [0, 0.1) is 6.92 Å². The van der Waals surface area contributed by atoms with Gasteiger partial charge in [0.05, 0.1) is 6.04 Å². The normalized spacial score (nSPS) is 21.2. The minimum atomic E-state index is -0.323. The van der Waals surface area contributed by atoms with E-state index in [1.54, 1.807) is 12.4 Å². The van der Waals surface area contributed by atoms with Gasteiger partial charge in [0, 0.05) is 30.1 Å². The molecule has 2 amide bonds. The molecule has 1 aliphatic rings. The van der Waals surface area contributed by atoms with Crippen molar-refractivity contribution in [2.75, 3.05) is 11.9 Å². The summed E-state index contributed by atoms with van der Waals surface area (Å²) in [5.41, 5.74) is 1.73. The van der Waals surface area contributed by atoms with E-state index in [0.29, 0.717) is 12.4 Å². The molecule has 1 aliphatic heterocycles. The predicted octanol–water partition coefficient (Wildman–Crippen LogP) is 2.03. The van der Waals surface area contributed by atoms with Gasteiger partial charge in [-0.05, 0) is 19.4 Å². The lowest BCUT2D eigenvalue weighted by Gasteiger charge is -2.19. The number of ether oxygens (including phenoxy) is 1. The van der Waals surface area contributed by atoms with E-state index in [1.807, 2.05) is 19.1 Å². The Hall–Kier alpha value is -2.41. The van der Waals surface area contributed by atoms with Crippen molar-refractivity contribution in [3.8, 4) is 0 Å². The van der Waals surface area contributed by atoms with Gasteiger partial charge in [-0.3, -0.25) is 10.3 Å². The summed E-state index contributed by atoms with van der Waals surface area (Å²) in [7, 11) is 0. The van der Waals surface area contributed by atoms with Gasteiger partial charge in [0.2, 0.25) is 0 Å². The van der Waals surface area contributed by atoms with Gasteiger partial charge in [-0.25, -0.2) is 4.79 Å². The monoisotopic (exact) mass is 288 g/mol. The Bertz CT molecular complexity index is 614. The van der Waals surface area contributed by atoms with Crippen LogP contribution < -0.4 is 10.6 Å². The SMILES string of the molecule is Cc1conc1NC(=O)N[C@H]1CCO[C@@H]1c1cccnc1. The summed E-state index contributed by atoms with van der Waals surface area (Å²) >= 11 is 0. The molecule has 2 N–H and O–H groups in total. The number of amides is 2. The van der Waals surface area contributed by atoms with Crippen molar-refractivity contribution in [3.05, 3.63) is 41.9 Å². The zero-order valence-corrected chi connectivity index (χ0v) is 11.6. The second-order valence-electron chi connectivity index (χ2n) is 4.92. The number of rotatable bonds is 3. The van der Waals surface area contributed by atoms with Crippen LogP contribution in [0.1, 0.15) is 23.7 Å². The molecule has 0 saturated carbocycles. The zero-order valence-electron chi connectivity index (χ0n) is 11.6. The minimum absolute atomic E-state index is 0.0959. The third-order valence-corrected chi connectivity index (χ3v) is 3.40. The van der Waals surface area contributed by atoms with E-state index in [4.69, 9.17) is 9.26 Å². The van der Waals surface area contributed by atoms with Gasteiger partial charge < -0.3 is 14.6 Å². The van der Waals surface area contributed by atoms with E-state index < -0.39 is 0 Å². The molecular weight excluding hydrogens is 272 g/mol. The first-order valence-electron chi connectivity index (χ1n) is 6.74. The van der Waals surface area contributed by atoms with E-state index in [2.05, 4.69) is 20.8 Å². The van der Waals surface area contributed by atoms with Crippen LogP contribution in [-0.2, 0) is 4.74 Å². The molecule has 2 atom stereocenters. The molecule has 0 spiro atoms. The highest BCUT2D eigenvalue weighted by molar-refractivity contribution is 5.89. The van der Waals surface area contributed by atoms with E-state index in [1.165, 1.54) is 6.26 Å². The van der Waals surface area contributed by atoms with Gasteiger partial charge in [-0.15, -0.1) is 0 Å². The van der Waals surface area contributed by atoms with Gasteiger partial charge in [-0.2, -0.15) is 0 Å². The number of nitrogens with zero attached hydrogens (tertiary/aromatic N) is 2. The molecule has 2 aromatic heterocycles. The number of nitrogens with one attached hydrogen (secondary N) is 2. The van der Waals surface area contributed by atoms with Crippen LogP contribution >= 0.6 is 0 Å². The number of pyridine rings is 1. The molecule has 1 saturated heterocycles. The first-order chi connectivity index (χ1) is 10.2. The Labute approximate surface area is 121 Å². The van der Waals surface area contributed by atoms with Crippen LogP contribution in [0.4, 0.5) is 10.6 Å². The van der Waals surface area contributed by atoms with E-state index in [-0.39, 0.29) is 18.2 Å². The Morgan fingerprint density at radius 2 is 2.38 bits per heavy atom. The molecule has 0 unspecified atom stereocenters. The molecular formula is C14H16N4O3. The number of urea groups is 1. The third kappa shape index (κ3) is 3.03. The Morgan fingerprint density at radius 3 is 3.10 bits per heavy atom. The maximum atomic E-state index is 12.0. The topological polar surface area (TPSA) is 89.3 Å².